The third-order valence-electron chi connectivity index (χ3n) is 6.26. The molecule has 164 valence electrons. The van der Waals surface area contributed by atoms with E-state index in [9.17, 15) is 18.0 Å². The van der Waals surface area contributed by atoms with E-state index in [0.29, 0.717) is 30.5 Å². The highest BCUT2D eigenvalue weighted by atomic mass is 19.4. The highest BCUT2D eigenvalue weighted by Crippen LogP contribution is 2.41. The summed E-state index contributed by atoms with van der Waals surface area (Å²) in [5.41, 5.74) is 0.836. The van der Waals surface area contributed by atoms with Crippen molar-refractivity contribution < 1.29 is 18.0 Å². The Hall–Kier alpha value is -3.04. The summed E-state index contributed by atoms with van der Waals surface area (Å²) in [6.07, 6.45) is -0.750. The molecule has 0 saturated carbocycles. The lowest BCUT2D eigenvalue weighted by Gasteiger charge is -2.46. The first-order valence-electron chi connectivity index (χ1n) is 10.5. The van der Waals surface area contributed by atoms with Crippen LogP contribution in [0.3, 0.4) is 0 Å². The number of carbonyl (C=O) groups excluding carboxylic acids is 1. The maximum absolute atomic E-state index is 13.2. The Bertz CT molecular complexity index is 969. The molecular formula is C21H23F3N6O. The molecule has 3 aliphatic rings. The van der Waals surface area contributed by atoms with Crippen molar-refractivity contribution in [3.05, 3.63) is 36.5 Å². The Kier molecular flexibility index (Phi) is 4.86. The number of alkyl halides is 3. The van der Waals surface area contributed by atoms with Gasteiger partial charge in [0.15, 0.2) is 5.82 Å². The van der Waals surface area contributed by atoms with Crippen LogP contribution in [0.15, 0.2) is 36.5 Å². The molecule has 5 rings (SSSR count). The molecule has 1 N–H and O–H groups in total. The van der Waals surface area contributed by atoms with Gasteiger partial charge in [0.05, 0.1) is 17.6 Å². The van der Waals surface area contributed by atoms with Crippen molar-refractivity contribution in [2.24, 2.45) is 5.92 Å². The van der Waals surface area contributed by atoms with Gasteiger partial charge in [-0.3, -0.25) is 10.2 Å². The first kappa shape index (κ1) is 19.9. The van der Waals surface area contributed by atoms with Gasteiger partial charge in [0.25, 0.3) is 0 Å². The molecule has 0 aliphatic carbocycles. The third-order valence-corrected chi connectivity index (χ3v) is 6.26. The lowest BCUT2D eigenvalue weighted by atomic mass is 10.00. The van der Waals surface area contributed by atoms with Crippen LogP contribution in [0.1, 0.15) is 19.3 Å². The molecule has 0 radical (unpaired) electrons. The van der Waals surface area contributed by atoms with Gasteiger partial charge >= 0.3 is 12.2 Å². The average molecular weight is 432 g/mol. The van der Waals surface area contributed by atoms with Crippen molar-refractivity contribution in [2.45, 2.75) is 31.5 Å². The maximum Gasteiger partial charge on any atom is 0.393 e. The topological polar surface area (TPSA) is 64.6 Å². The standard InChI is InChI=1S/C21H23F3N6O/c22-21(23,24)14-8-11-29(12-14)18-7-6-16-19(27-18)30(15-4-3-10-28(16)13-15)20(31)26-17-5-1-2-9-25-17/h1-2,5-7,9,14-15H,3-4,8,10-13H2,(H,25,26,31)/t14?,15-/m0/s1. The van der Waals surface area contributed by atoms with E-state index in [0.717, 1.165) is 25.1 Å². The second-order valence-electron chi connectivity index (χ2n) is 8.24. The van der Waals surface area contributed by atoms with Gasteiger partial charge in [-0.2, -0.15) is 13.2 Å². The number of hydrogen-bond acceptors (Lipinski definition) is 5. The van der Waals surface area contributed by atoms with Crippen LogP contribution in [0.5, 0.6) is 0 Å². The molecule has 2 bridgehead atoms. The number of halogens is 3. The summed E-state index contributed by atoms with van der Waals surface area (Å²) in [5, 5.41) is 2.83. The number of amides is 2. The molecule has 0 aromatic carbocycles. The zero-order valence-electron chi connectivity index (χ0n) is 16.8. The number of carbonyl (C=O) groups is 1. The fraction of sp³-hybridized carbons (Fsp3) is 0.476. The molecule has 2 aromatic rings. The summed E-state index contributed by atoms with van der Waals surface area (Å²) in [6, 6.07) is 8.53. The van der Waals surface area contributed by atoms with Crippen molar-refractivity contribution in [3.8, 4) is 0 Å². The molecule has 3 aliphatic heterocycles. The van der Waals surface area contributed by atoms with E-state index in [1.807, 2.05) is 6.07 Å². The number of nitrogens with zero attached hydrogens (tertiary/aromatic N) is 5. The van der Waals surface area contributed by atoms with Gasteiger partial charge in [0, 0.05) is 32.4 Å². The molecule has 2 fully saturated rings. The number of nitrogens with one attached hydrogen (secondary N) is 1. The molecule has 7 nitrogen and oxygen atoms in total. The van der Waals surface area contributed by atoms with Crippen molar-refractivity contribution in [1.82, 2.24) is 9.97 Å². The number of rotatable bonds is 2. The normalized spacial score (nSPS) is 23.0. The molecule has 2 saturated heterocycles. The van der Waals surface area contributed by atoms with Crippen LogP contribution < -0.4 is 20.0 Å². The second-order valence-corrected chi connectivity index (χ2v) is 8.24. The first-order chi connectivity index (χ1) is 14.9. The predicted molar refractivity (Wildman–Crippen MR) is 112 cm³/mol. The van der Waals surface area contributed by atoms with Crippen LogP contribution in [0, 0.1) is 5.92 Å². The number of anilines is 4. The monoisotopic (exact) mass is 432 g/mol. The fourth-order valence-corrected chi connectivity index (χ4v) is 4.69. The van der Waals surface area contributed by atoms with E-state index in [1.165, 1.54) is 0 Å². The predicted octanol–water partition coefficient (Wildman–Crippen LogP) is 3.89. The first-order valence-corrected chi connectivity index (χ1v) is 10.5. The zero-order chi connectivity index (χ0) is 21.6. The number of piperidine rings is 1. The maximum atomic E-state index is 13.2. The molecule has 5 heterocycles. The van der Waals surface area contributed by atoms with E-state index in [4.69, 9.17) is 4.98 Å². The van der Waals surface area contributed by atoms with Crippen LogP contribution in [-0.4, -0.2) is 54.4 Å². The van der Waals surface area contributed by atoms with E-state index in [-0.39, 0.29) is 25.0 Å². The van der Waals surface area contributed by atoms with Gasteiger partial charge in [-0.05, 0) is 43.5 Å². The minimum Gasteiger partial charge on any atom is -0.366 e. The van der Waals surface area contributed by atoms with Crippen molar-refractivity contribution >= 4 is 29.2 Å². The van der Waals surface area contributed by atoms with Gasteiger partial charge in [0.1, 0.15) is 11.6 Å². The number of fused-ring (bicyclic) bond motifs is 4. The smallest absolute Gasteiger partial charge is 0.366 e. The Morgan fingerprint density at radius 1 is 1.06 bits per heavy atom. The lowest BCUT2D eigenvalue weighted by Crippen LogP contribution is -2.56. The van der Waals surface area contributed by atoms with Crippen LogP contribution in [0.2, 0.25) is 0 Å². The molecule has 2 atom stereocenters. The molecule has 10 heteroatoms. The second kappa shape index (κ2) is 7.58. The number of urea groups is 1. The Labute approximate surface area is 177 Å². The number of aromatic nitrogens is 2. The van der Waals surface area contributed by atoms with Crippen LogP contribution >= 0.6 is 0 Å². The largest absolute Gasteiger partial charge is 0.393 e. The van der Waals surface area contributed by atoms with Gasteiger partial charge in [-0.1, -0.05) is 6.07 Å². The summed E-state index contributed by atoms with van der Waals surface area (Å²) in [5.74, 6) is 0.0627. The number of hydrogen-bond donors (Lipinski definition) is 1. The van der Waals surface area contributed by atoms with Crippen molar-refractivity contribution in [1.29, 1.82) is 0 Å². The minimum absolute atomic E-state index is 0.0470. The zero-order valence-corrected chi connectivity index (χ0v) is 16.8. The summed E-state index contributed by atoms with van der Waals surface area (Å²) in [4.78, 5) is 27.6. The van der Waals surface area contributed by atoms with E-state index >= 15 is 0 Å². The van der Waals surface area contributed by atoms with E-state index < -0.39 is 12.1 Å². The van der Waals surface area contributed by atoms with Crippen molar-refractivity contribution in [2.75, 3.05) is 46.2 Å². The summed E-state index contributed by atoms with van der Waals surface area (Å²) in [6.45, 7) is 1.77. The van der Waals surface area contributed by atoms with Gasteiger partial charge in [-0.25, -0.2) is 14.8 Å². The quantitative estimate of drug-likeness (QED) is 0.780. The molecular weight excluding hydrogens is 409 g/mol. The summed E-state index contributed by atoms with van der Waals surface area (Å²) < 4.78 is 39.4. The Balaban J connectivity index is 1.46. The van der Waals surface area contributed by atoms with Gasteiger partial charge < -0.3 is 9.80 Å². The van der Waals surface area contributed by atoms with Crippen LogP contribution in [0.25, 0.3) is 0 Å². The minimum atomic E-state index is -4.21. The Morgan fingerprint density at radius 2 is 1.94 bits per heavy atom. The highest BCUT2D eigenvalue weighted by molar-refractivity contribution is 6.04. The summed E-state index contributed by atoms with van der Waals surface area (Å²) in [7, 11) is 0. The highest BCUT2D eigenvalue weighted by Gasteiger charge is 2.44. The van der Waals surface area contributed by atoms with E-state index in [2.05, 4.69) is 15.2 Å². The van der Waals surface area contributed by atoms with Gasteiger partial charge in [-0.15, -0.1) is 0 Å². The Morgan fingerprint density at radius 3 is 2.68 bits per heavy atom. The molecule has 2 amide bonds. The summed E-state index contributed by atoms with van der Waals surface area (Å²) >= 11 is 0. The molecule has 2 aromatic heterocycles. The average Bonchev–Trinajstić information content (AvgIpc) is 3.25. The molecule has 31 heavy (non-hydrogen) atoms. The SMILES string of the molecule is O=C(Nc1ccccn1)N1c2nc(N3CCC(C(F)(F)F)C3)ccc2N2CCC[C@H]1C2. The fourth-order valence-electron chi connectivity index (χ4n) is 4.69. The number of pyridine rings is 2. The van der Waals surface area contributed by atoms with Crippen LogP contribution in [-0.2, 0) is 0 Å². The molecule has 1 unspecified atom stereocenters. The van der Waals surface area contributed by atoms with Crippen LogP contribution in [0.4, 0.5) is 41.1 Å². The third kappa shape index (κ3) is 3.75. The van der Waals surface area contributed by atoms with Gasteiger partial charge in [0.2, 0.25) is 0 Å². The van der Waals surface area contributed by atoms with E-state index in [1.54, 1.807) is 40.3 Å². The lowest BCUT2D eigenvalue weighted by molar-refractivity contribution is -0.168. The van der Waals surface area contributed by atoms with Crippen molar-refractivity contribution in [3.63, 3.8) is 0 Å². The molecule has 0 spiro atoms.